The minimum atomic E-state index is -0.483. The highest BCUT2D eigenvalue weighted by Gasteiger charge is 2.34. The fourth-order valence-electron chi connectivity index (χ4n) is 3.90. The quantitative estimate of drug-likeness (QED) is 0.605. The highest BCUT2D eigenvalue weighted by atomic mass is 16.5. The molecule has 2 N–H and O–H groups in total. The van der Waals surface area contributed by atoms with Gasteiger partial charge in [-0.3, -0.25) is 4.79 Å². The maximum atomic E-state index is 13.6. The second-order valence-corrected chi connectivity index (χ2v) is 7.64. The van der Waals surface area contributed by atoms with Crippen LogP contribution in [-0.4, -0.2) is 34.4 Å². The average molecular weight is 434 g/mol. The Morgan fingerprint density at radius 1 is 1.19 bits per heavy atom. The van der Waals surface area contributed by atoms with Gasteiger partial charge in [-0.05, 0) is 62.6 Å². The number of rotatable bonds is 6. The van der Waals surface area contributed by atoms with Crippen molar-refractivity contribution >= 4 is 17.5 Å². The van der Waals surface area contributed by atoms with Crippen molar-refractivity contribution in [3.8, 4) is 11.5 Å². The zero-order valence-electron chi connectivity index (χ0n) is 18.9. The number of methoxy groups -OCH3 is 1. The number of aryl methyl sites for hydroxylation is 1. The van der Waals surface area contributed by atoms with Gasteiger partial charge >= 0.3 is 0 Å². The molecule has 2 aromatic carbocycles. The molecule has 2 heterocycles. The Bertz CT molecular complexity index is 1200. The molecule has 0 aliphatic carbocycles. The van der Waals surface area contributed by atoms with Crippen LogP contribution in [0, 0.1) is 13.8 Å². The summed E-state index contributed by atoms with van der Waals surface area (Å²) < 4.78 is 12.9. The molecule has 1 aromatic heterocycles. The van der Waals surface area contributed by atoms with Crippen LogP contribution in [0.2, 0.25) is 0 Å². The fraction of sp³-hybridized carbons (Fsp3) is 0.292. The van der Waals surface area contributed by atoms with Crippen LogP contribution in [0.15, 0.2) is 54.0 Å². The van der Waals surface area contributed by atoms with Crippen LogP contribution in [0.5, 0.6) is 11.5 Å². The third kappa shape index (κ3) is 3.79. The molecule has 1 atom stereocenters. The number of ether oxygens (including phenoxy) is 2. The summed E-state index contributed by atoms with van der Waals surface area (Å²) in [5.41, 5.74) is 5.03. The van der Waals surface area contributed by atoms with E-state index in [0.29, 0.717) is 35.3 Å². The molecule has 0 fully saturated rings. The zero-order chi connectivity index (χ0) is 22.8. The number of hydrogen-bond acceptors (Lipinski definition) is 6. The van der Waals surface area contributed by atoms with E-state index in [4.69, 9.17) is 9.47 Å². The molecule has 8 nitrogen and oxygen atoms in total. The Labute approximate surface area is 187 Å². The normalized spacial score (nSPS) is 15.1. The molecule has 1 aliphatic rings. The van der Waals surface area contributed by atoms with E-state index in [0.717, 1.165) is 22.4 Å². The van der Waals surface area contributed by atoms with Crippen LogP contribution in [0.1, 0.15) is 36.6 Å². The largest absolute Gasteiger partial charge is 0.493 e. The van der Waals surface area contributed by atoms with Gasteiger partial charge in [0.05, 0.1) is 19.3 Å². The van der Waals surface area contributed by atoms with Gasteiger partial charge in [-0.1, -0.05) is 18.2 Å². The Hall–Kier alpha value is -3.81. The maximum Gasteiger partial charge on any atom is 0.255 e. The van der Waals surface area contributed by atoms with Gasteiger partial charge in [0.1, 0.15) is 12.4 Å². The number of allylic oxidation sites excluding steroid dienone is 1. The molecule has 0 saturated carbocycles. The third-order valence-corrected chi connectivity index (χ3v) is 5.70. The molecule has 0 bridgehead atoms. The first-order valence-corrected chi connectivity index (χ1v) is 10.5. The lowest BCUT2D eigenvalue weighted by molar-refractivity contribution is -0.113. The summed E-state index contributed by atoms with van der Waals surface area (Å²) in [5.74, 6) is 1.61. The number of nitrogens with one attached hydrogen (secondary N) is 2. The molecule has 4 rings (SSSR count). The van der Waals surface area contributed by atoms with E-state index >= 15 is 0 Å². The van der Waals surface area contributed by atoms with Crippen LogP contribution in [0.4, 0.5) is 11.6 Å². The van der Waals surface area contributed by atoms with Crippen molar-refractivity contribution < 1.29 is 14.3 Å². The molecule has 3 aromatic rings. The highest BCUT2D eigenvalue weighted by Crippen LogP contribution is 2.39. The van der Waals surface area contributed by atoms with Crippen molar-refractivity contribution in [1.82, 2.24) is 14.8 Å². The lowest BCUT2D eigenvalue weighted by Crippen LogP contribution is -2.31. The van der Waals surface area contributed by atoms with Gasteiger partial charge in [0.2, 0.25) is 5.95 Å². The van der Waals surface area contributed by atoms with Crippen molar-refractivity contribution in [2.24, 2.45) is 0 Å². The van der Waals surface area contributed by atoms with Gasteiger partial charge in [0.15, 0.2) is 11.5 Å². The monoisotopic (exact) mass is 433 g/mol. The molecule has 1 aliphatic heterocycles. The van der Waals surface area contributed by atoms with Crippen LogP contribution in [0.25, 0.3) is 0 Å². The number of carbonyl (C=O) groups is 1. The summed E-state index contributed by atoms with van der Waals surface area (Å²) in [6.07, 6.45) is 1.47. The second-order valence-electron chi connectivity index (χ2n) is 7.64. The molecule has 166 valence electrons. The van der Waals surface area contributed by atoms with Gasteiger partial charge in [-0.2, -0.15) is 10.1 Å². The molecule has 1 amide bonds. The molecule has 32 heavy (non-hydrogen) atoms. The summed E-state index contributed by atoms with van der Waals surface area (Å²) in [6, 6.07) is 11.0. The third-order valence-electron chi connectivity index (χ3n) is 5.70. The van der Waals surface area contributed by atoms with E-state index in [-0.39, 0.29) is 5.91 Å². The Balaban J connectivity index is 1.78. The molecule has 8 heteroatoms. The van der Waals surface area contributed by atoms with E-state index in [2.05, 4.69) is 20.7 Å². The van der Waals surface area contributed by atoms with E-state index < -0.39 is 6.04 Å². The molecule has 0 saturated heterocycles. The van der Waals surface area contributed by atoms with E-state index in [1.165, 1.54) is 6.33 Å². The van der Waals surface area contributed by atoms with Gasteiger partial charge in [-0.25, -0.2) is 4.68 Å². The number of carbonyl (C=O) groups excluding carboxylic acids is 1. The van der Waals surface area contributed by atoms with Crippen molar-refractivity contribution in [3.63, 3.8) is 0 Å². The highest BCUT2D eigenvalue weighted by molar-refractivity contribution is 6.06. The Morgan fingerprint density at radius 2 is 2.00 bits per heavy atom. The summed E-state index contributed by atoms with van der Waals surface area (Å²) in [5, 5.41) is 10.7. The van der Waals surface area contributed by atoms with Gasteiger partial charge in [-0.15, -0.1) is 0 Å². The first-order valence-electron chi connectivity index (χ1n) is 10.5. The van der Waals surface area contributed by atoms with E-state index in [1.54, 1.807) is 11.8 Å². The Morgan fingerprint density at radius 3 is 2.75 bits per heavy atom. The second kappa shape index (κ2) is 8.74. The molecular formula is C24H27N5O3. The maximum absolute atomic E-state index is 13.6. The first-order chi connectivity index (χ1) is 15.4. The summed E-state index contributed by atoms with van der Waals surface area (Å²) in [4.78, 5) is 17.8. The van der Waals surface area contributed by atoms with Crippen LogP contribution < -0.4 is 20.1 Å². The predicted octanol–water partition coefficient (Wildman–Crippen LogP) is 4.23. The number of fused-ring (bicyclic) bond motifs is 1. The summed E-state index contributed by atoms with van der Waals surface area (Å²) in [6.45, 7) is 8.33. The first kappa shape index (κ1) is 21.4. The van der Waals surface area contributed by atoms with E-state index in [1.807, 2.05) is 64.1 Å². The summed E-state index contributed by atoms with van der Waals surface area (Å²) in [7, 11) is 1.60. The lowest BCUT2D eigenvalue weighted by Gasteiger charge is -2.29. The van der Waals surface area contributed by atoms with Crippen LogP contribution in [-0.2, 0) is 4.79 Å². The molecule has 0 spiro atoms. The SMILES string of the molecule is CCOc1ccc(C2C(C(=O)Nc3cccc(C)c3C)=C(C)Nc3ncnn32)cc1OC. The van der Waals surface area contributed by atoms with Crippen LogP contribution in [0.3, 0.4) is 0 Å². The predicted molar refractivity (Wildman–Crippen MR) is 123 cm³/mol. The van der Waals surface area contributed by atoms with Crippen molar-refractivity contribution in [2.75, 3.05) is 24.4 Å². The molecule has 1 unspecified atom stereocenters. The number of aromatic nitrogens is 3. The number of amides is 1. The minimum Gasteiger partial charge on any atom is -0.493 e. The van der Waals surface area contributed by atoms with Crippen molar-refractivity contribution in [3.05, 3.63) is 70.7 Å². The van der Waals surface area contributed by atoms with Crippen LogP contribution >= 0.6 is 0 Å². The Kier molecular flexibility index (Phi) is 5.85. The fourth-order valence-corrected chi connectivity index (χ4v) is 3.90. The zero-order valence-corrected chi connectivity index (χ0v) is 18.9. The number of anilines is 2. The standard InChI is InChI=1S/C24H27N5O3/c1-6-32-19-11-10-17(12-20(19)31-5)22-21(16(4)27-24-25-13-26-29(22)24)23(30)28-18-9-7-8-14(2)15(18)3/h7-13,22H,6H2,1-5H3,(H,28,30)(H,25,26,27). The average Bonchev–Trinajstić information content (AvgIpc) is 3.24. The minimum absolute atomic E-state index is 0.206. The van der Waals surface area contributed by atoms with E-state index in [9.17, 15) is 4.79 Å². The topological polar surface area (TPSA) is 90.3 Å². The van der Waals surface area contributed by atoms with Gasteiger partial charge in [0, 0.05) is 11.4 Å². The van der Waals surface area contributed by atoms with Gasteiger partial charge in [0.25, 0.3) is 5.91 Å². The molecule has 0 radical (unpaired) electrons. The smallest absolute Gasteiger partial charge is 0.255 e. The number of benzene rings is 2. The lowest BCUT2D eigenvalue weighted by atomic mass is 9.94. The van der Waals surface area contributed by atoms with Crippen molar-refractivity contribution in [1.29, 1.82) is 0 Å². The summed E-state index contributed by atoms with van der Waals surface area (Å²) >= 11 is 0. The van der Waals surface area contributed by atoms with Gasteiger partial charge < -0.3 is 20.1 Å². The number of hydrogen-bond donors (Lipinski definition) is 2. The number of nitrogens with zero attached hydrogens (tertiary/aromatic N) is 3. The molecular weight excluding hydrogens is 406 g/mol. The van der Waals surface area contributed by atoms with Crippen molar-refractivity contribution in [2.45, 2.75) is 33.7 Å².